The molecule has 1 N–H and O–H groups in total. The number of nitrogens with one attached hydrogen (secondary N) is 1. The number of carbonyl (C=O) groups is 1. The van der Waals surface area contributed by atoms with Crippen molar-refractivity contribution < 1.29 is 4.79 Å². The van der Waals surface area contributed by atoms with Gasteiger partial charge in [-0.1, -0.05) is 30.0 Å². The average molecular weight is 446 g/mol. The number of thioether (sulfide) groups is 2. The molecule has 1 aliphatic rings. The molecule has 0 saturated carbocycles. The van der Waals surface area contributed by atoms with Crippen LogP contribution in [0.3, 0.4) is 0 Å². The summed E-state index contributed by atoms with van der Waals surface area (Å²) in [5.74, 6) is 3.48. The number of aromatic nitrogens is 3. The number of rotatable bonds is 7. The Morgan fingerprint density at radius 2 is 2.07 bits per heavy atom. The summed E-state index contributed by atoms with van der Waals surface area (Å²) in [6.07, 6.45) is 0. The molecule has 4 rings (SSSR count). The first kappa shape index (κ1) is 20.5. The third-order valence-corrected chi connectivity index (χ3v) is 7.46. The van der Waals surface area contributed by atoms with Gasteiger partial charge in [0.2, 0.25) is 5.91 Å². The minimum atomic E-state index is -0.0396. The van der Waals surface area contributed by atoms with E-state index in [1.807, 2.05) is 53.0 Å². The highest BCUT2D eigenvalue weighted by molar-refractivity contribution is 7.99. The number of amides is 1. The fourth-order valence-corrected chi connectivity index (χ4v) is 5.59. The second-order valence-corrected chi connectivity index (χ2v) is 9.88. The van der Waals surface area contributed by atoms with E-state index in [1.165, 1.54) is 28.8 Å². The highest BCUT2D eigenvalue weighted by Crippen LogP contribution is 2.26. The highest BCUT2D eigenvalue weighted by atomic mass is 32.2. The second kappa shape index (κ2) is 9.80. The number of nitrogens with zero attached hydrogens (tertiary/aromatic N) is 4. The maximum absolute atomic E-state index is 12.4. The standard InChI is InChI=1S/C20H23N5OS3/c1-24-19(17-6-3-9-28-17)22-23-20(24)29-14-18(26)21-16-5-2-4-15(12-16)13-25-7-10-27-11-8-25/h2-6,9,12H,7-8,10-11,13-14H2,1H3,(H,21,26). The van der Waals surface area contributed by atoms with Crippen molar-refractivity contribution in [2.24, 2.45) is 7.05 Å². The zero-order chi connectivity index (χ0) is 20.1. The average Bonchev–Trinajstić information content (AvgIpc) is 3.37. The predicted octanol–water partition coefficient (Wildman–Crippen LogP) is 3.82. The SMILES string of the molecule is Cn1c(SCC(=O)Nc2cccc(CN3CCSCC3)c2)nnc1-c1cccs1. The lowest BCUT2D eigenvalue weighted by atomic mass is 10.2. The van der Waals surface area contributed by atoms with E-state index in [0.29, 0.717) is 5.75 Å². The lowest BCUT2D eigenvalue weighted by molar-refractivity contribution is -0.113. The van der Waals surface area contributed by atoms with Crippen molar-refractivity contribution in [3.05, 3.63) is 47.3 Å². The van der Waals surface area contributed by atoms with Gasteiger partial charge in [-0.05, 0) is 29.1 Å². The van der Waals surface area contributed by atoms with Crippen LogP contribution in [0.5, 0.6) is 0 Å². The lowest BCUT2D eigenvalue weighted by Crippen LogP contribution is -2.31. The van der Waals surface area contributed by atoms with Gasteiger partial charge < -0.3 is 9.88 Å². The molecular formula is C20H23N5OS3. The Morgan fingerprint density at radius 3 is 2.86 bits per heavy atom. The first-order valence-electron chi connectivity index (χ1n) is 9.44. The maximum atomic E-state index is 12.4. The summed E-state index contributed by atoms with van der Waals surface area (Å²) in [5, 5.41) is 14.2. The largest absolute Gasteiger partial charge is 0.325 e. The minimum Gasteiger partial charge on any atom is -0.325 e. The zero-order valence-corrected chi connectivity index (χ0v) is 18.7. The summed E-state index contributed by atoms with van der Waals surface area (Å²) >= 11 is 5.04. The number of anilines is 1. The molecule has 1 amide bonds. The van der Waals surface area contributed by atoms with Crippen molar-refractivity contribution >= 4 is 46.5 Å². The van der Waals surface area contributed by atoms with Gasteiger partial charge in [-0.15, -0.1) is 21.5 Å². The van der Waals surface area contributed by atoms with Crippen LogP contribution in [0.15, 0.2) is 46.9 Å². The smallest absolute Gasteiger partial charge is 0.234 e. The van der Waals surface area contributed by atoms with Crippen LogP contribution < -0.4 is 5.32 Å². The molecule has 1 aromatic carbocycles. The lowest BCUT2D eigenvalue weighted by Gasteiger charge is -2.26. The van der Waals surface area contributed by atoms with Gasteiger partial charge in [0.15, 0.2) is 11.0 Å². The summed E-state index contributed by atoms with van der Waals surface area (Å²) in [5.41, 5.74) is 2.08. The minimum absolute atomic E-state index is 0.0396. The van der Waals surface area contributed by atoms with E-state index in [2.05, 4.69) is 32.5 Å². The van der Waals surface area contributed by atoms with Crippen molar-refractivity contribution in [1.82, 2.24) is 19.7 Å². The molecule has 0 spiro atoms. The number of carbonyl (C=O) groups excluding carboxylic acids is 1. The van der Waals surface area contributed by atoms with Gasteiger partial charge in [-0.2, -0.15) is 11.8 Å². The van der Waals surface area contributed by atoms with E-state index in [4.69, 9.17) is 0 Å². The van der Waals surface area contributed by atoms with Crippen molar-refractivity contribution in [1.29, 1.82) is 0 Å². The first-order chi connectivity index (χ1) is 14.2. The van der Waals surface area contributed by atoms with Gasteiger partial charge in [-0.25, -0.2) is 0 Å². The molecule has 1 saturated heterocycles. The molecule has 9 heteroatoms. The zero-order valence-electron chi connectivity index (χ0n) is 16.2. The quantitative estimate of drug-likeness (QED) is 0.558. The molecule has 2 aromatic heterocycles. The molecule has 3 aromatic rings. The molecule has 0 aliphatic carbocycles. The van der Waals surface area contributed by atoms with Gasteiger partial charge in [0, 0.05) is 43.9 Å². The van der Waals surface area contributed by atoms with Crippen molar-refractivity contribution in [3.8, 4) is 10.7 Å². The van der Waals surface area contributed by atoms with Crippen molar-refractivity contribution in [3.63, 3.8) is 0 Å². The van der Waals surface area contributed by atoms with Crippen LogP contribution in [0, 0.1) is 0 Å². The number of hydrogen-bond donors (Lipinski definition) is 1. The Hall–Kier alpha value is -1.81. The third kappa shape index (κ3) is 5.42. The fraction of sp³-hybridized carbons (Fsp3) is 0.350. The van der Waals surface area contributed by atoms with Gasteiger partial charge in [0.1, 0.15) is 0 Å². The molecule has 152 valence electrons. The maximum Gasteiger partial charge on any atom is 0.234 e. The number of thiophene rings is 1. The molecule has 1 fully saturated rings. The second-order valence-electron chi connectivity index (χ2n) is 6.77. The third-order valence-electron chi connectivity index (χ3n) is 4.63. The van der Waals surface area contributed by atoms with Crippen molar-refractivity contribution in [2.45, 2.75) is 11.7 Å². The van der Waals surface area contributed by atoms with E-state index in [9.17, 15) is 4.79 Å². The molecule has 0 bridgehead atoms. The van der Waals surface area contributed by atoms with E-state index in [-0.39, 0.29) is 5.91 Å². The normalized spacial score (nSPS) is 14.8. The molecule has 6 nitrogen and oxygen atoms in total. The Bertz CT molecular complexity index is 951. The summed E-state index contributed by atoms with van der Waals surface area (Å²) in [7, 11) is 1.93. The van der Waals surface area contributed by atoms with Crippen LogP contribution in [0.4, 0.5) is 5.69 Å². The fourth-order valence-electron chi connectivity index (χ4n) is 3.15. The summed E-state index contributed by atoms with van der Waals surface area (Å²) < 4.78 is 1.93. The van der Waals surface area contributed by atoms with Crippen LogP contribution in [-0.2, 0) is 18.4 Å². The van der Waals surface area contributed by atoms with Gasteiger partial charge in [0.25, 0.3) is 0 Å². The molecular weight excluding hydrogens is 422 g/mol. The molecule has 29 heavy (non-hydrogen) atoms. The van der Waals surface area contributed by atoms with Gasteiger partial charge >= 0.3 is 0 Å². The molecule has 0 unspecified atom stereocenters. The topological polar surface area (TPSA) is 63.1 Å². The molecule has 1 aliphatic heterocycles. The monoisotopic (exact) mass is 445 g/mol. The number of benzene rings is 1. The van der Waals surface area contributed by atoms with Gasteiger partial charge in [-0.3, -0.25) is 9.69 Å². The molecule has 3 heterocycles. The number of hydrogen-bond acceptors (Lipinski definition) is 7. The molecule has 0 atom stereocenters. The van der Waals surface area contributed by atoms with Crippen LogP contribution in [0.2, 0.25) is 0 Å². The van der Waals surface area contributed by atoms with Crippen LogP contribution in [0.25, 0.3) is 10.7 Å². The van der Waals surface area contributed by atoms with E-state index in [1.54, 1.807) is 11.3 Å². The Kier molecular flexibility index (Phi) is 6.91. The van der Waals surface area contributed by atoms with Crippen LogP contribution in [-0.4, -0.2) is 55.9 Å². The Labute approximate surface area is 183 Å². The van der Waals surface area contributed by atoms with Crippen LogP contribution >= 0.6 is 34.9 Å². The summed E-state index contributed by atoms with van der Waals surface area (Å²) in [6.45, 7) is 3.19. The van der Waals surface area contributed by atoms with E-state index < -0.39 is 0 Å². The highest BCUT2D eigenvalue weighted by Gasteiger charge is 2.14. The van der Waals surface area contributed by atoms with Gasteiger partial charge in [0.05, 0.1) is 10.6 Å². The molecule has 0 radical (unpaired) electrons. The van der Waals surface area contributed by atoms with Crippen molar-refractivity contribution in [2.75, 3.05) is 35.7 Å². The Balaban J connectivity index is 1.31. The summed E-state index contributed by atoms with van der Waals surface area (Å²) in [4.78, 5) is 16.0. The van der Waals surface area contributed by atoms with E-state index in [0.717, 1.165) is 41.2 Å². The van der Waals surface area contributed by atoms with Crippen LogP contribution in [0.1, 0.15) is 5.56 Å². The Morgan fingerprint density at radius 1 is 1.21 bits per heavy atom. The first-order valence-corrected chi connectivity index (χ1v) is 12.5. The van der Waals surface area contributed by atoms with E-state index >= 15 is 0 Å². The summed E-state index contributed by atoms with van der Waals surface area (Å²) in [6, 6.07) is 12.2. The predicted molar refractivity (Wildman–Crippen MR) is 123 cm³/mol.